The zero-order valence-corrected chi connectivity index (χ0v) is 39.0. The standard InChI is InChI=1S/C52H101NO5/c1-3-5-7-9-11-13-15-21-26-30-34-38-42-46-52(57)58-47-43-39-35-31-27-23-20-18-16-17-19-22-25-29-33-37-41-45-51(56)53-49(48-54)50(55)44-40-36-32-28-24-14-12-10-8-6-4-2/h40,44,49-50,54-55H,3-39,41-43,45-48H2,1-2H3,(H,53,56)/b44-40+. The molecule has 0 spiro atoms. The van der Waals surface area contributed by atoms with Crippen molar-refractivity contribution in [3.8, 4) is 0 Å². The molecule has 0 saturated heterocycles. The number of carbonyl (C=O) groups is 2. The number of unbranched alkanes of at least 4 members (excludes halogenated alkanes) is 37. The number of hydrogen-bond acceptors (Lipinski definition) is 5. The number of nitrogens with one attached hydrogen (secondary N) is 1. The lowest BCUT2D eigenvalue weighted by Gasteiger charge is -2.20. The maximum absolute atomic E-state index is 12.4. The quantitative estimate of drug-likeness (QED) is 0.0323. The molecule has 6 heteroatoms. The Morgan fingerprint density at radius 1 is 0.466 bits per heavy atom. The third kappa shape index (κ3) is 44.2. The second-order valence-electron chi connectivity index (χ2n) is 17.9. The van der Waals surface area contributed by atoms with E-state index < -0.39 is 12.1 Å². The van der Waals surface area contributed by atoms with Gasteiger partial charge in [0.1, 0.15) is 0 Å². The number of amides is 1. The fraction of sp³-hybridized carbons (Fsp3) is 0.923. The van der Waals surface area contributed by atoms with E-state index in [9.17, 15) is 19.8 Å². The lowest BCUT2D eigenvalue weighted by Crippen LogP contribution is -2.45. The first-order chi connectivity index (χ1) is 28.5. The van der Waals surface area contributed by atoms with Crippen LogP contribution in [0.4, 0.5) is 0 Å². The number of hydrogen-bond donors (Lipinski definition) is 3. The van der Waals surface area contributed by atoms with Gasteiger partial charge in [-0.05, 0) is 32.1 Å². The molecule has 58 heavy (non-hydrogen) atoms. The van der Waals surface area contributed by atoms with Gasteiger partial charge in [0.25, 0.3) is 0 Å². The van der Waals surface area contributed by atoms with Gasteiger partial charge < -0.3 is 20.3 Å². The van der Waals surface area contributed by atoms with Gasteiger partial charge in [0.15, 0.2) is 0 Å². The Morgan fingerprint density at radius 3 is 1.17 bits per heavy atom. The zero-order valence-electron chi connectivity index (χ0n) is 39.0. The maximum atomic E-state index is 12.4. The van der Waals surface area contributed by atoms with E-state index in [1.807, 2.05) is 6.08 Å². The molecule has 1 amide bonds. The molecule has 0 heterocycles. The molecule has 0 saturated carbocycles. The molecule has 0 aliphatic rings. The summed E-state index contributed by atoms with van der Waals surface area (Å²) in [5.74, 6) is -0.0681. The van der Waals surface area contributed by atoms with Gasteiger partial charge in [0, 0.05) is 12.8 Å². The fourth-order valence-corrected chi connectivity index (χ4v) is 8.05. The van der Waals surface area contributed by atoms with Crippen molar-refractivity contribution >= 4 is 11.9 Å². The number of esters is 1. The highest BCUT2D eigenvalue weighted by Gasteiger charge is 2.18. The molecule has 6 nitrogen and oxygen atoms in total. The lowest BCUT2D eigenvalue weighted by atomic mass is 10.0. The monoisotopic (exact) mass is 820 g/mol. The summed E-state index contributed by atoms with van der Waals surface area (Å²) >= 11 is 0. The molecule has 344 valence electrons. The van der Waals surface area contributed by atoms with Crippen molar-refractivity contribution in [1.29, 1.82) is 0 Å². The maximum Gasteiger partial charge on any atom is 0.305 e. The Balaban J connectivity index is 3.41. The molecule has 0 aromatic heterocycles. The van der Waals surface area contributed by atoms with Gasteiger partial charge in [0.05, 0.1) is 25.4 Å². The molecule has 0 rings (SSSR count). The first-order valence-electron chi connectivity index (χ1n) is 26.0. The van der Waals surface area contributed by atoms with Gasteiger partial charge in [-0.15, -0.1) is 0 Å². The van der Waals surface area contributed by atoms with Crippen LogP contribution in [-0.4, -0.2) is 47.4 Å². The van der Waals surface area contributed by atoms with Crippen LogP contribution in [0.3, 0.4) is 0 Å². The summed E-state index contributed by atoms with van der Waals surface area (Å²) in [7, 11) is 0. The van der Waals surface area contributed by atoms with E-state index in [4.69, 9.17) is 4.74 Å². The van der Waals surface area contributed by atoms with Crippen molar-refractivity contribution in [3.63, 3.8) is 0 Å². The SMILES string of the molecule is CCCCCCCCCCC/C=C/C(O)C(CO)NC(=O)CCCCCCCCCCCCCCCCCCCOC(=O)CCCCCCCCCCCCCCC. The Bertz CT molecular complexity index is 863. The first-order valence-corrected chi connectivity index (χ1v) is 26.0. The van der Waals surface area contributed by atoms with Crippen LogP contribution in [0.5, 0.6) is 0 Å². The average Bonchev–Trinajstić information content (AvgIpc) is 3.22. The summed E-state index contributed by atoms with van der Waals surface area (Å²) in [6.07, 6.45) is 55.0. The minimum atomic E-state index is -0.845. The summed E-state index contributed by atoms with van der Waals surface area (Å²) in [4.78, 5) is 24.4. The Hall–Kier alpha value is -1.40. The Kier molecular flexibility index (Phi) is 47.1. The predicted molar refractivity (Wildman–Crippen MR) is 250 cm³/mol. The van der Waals surface area contributed by atoms with E-state index in [1.54, 1.807) is 6.08 Å². The Labute approximate surface area is 361 Å². The molecule has 0 radical (unpaired) electrons. The summed E-state index contributed by atoms with van der Waals surface area (Å²) in [6.45, 7) is 4.88. The van der Waals surface area contributed by atoms with E-state index >= 15 is 0 Å². The number of carbonyl (C=O) groups excluding carboxylic acids is 2. The molecule has 3 N–H and O–H groups in total. The molecule has 0 aliphatic heterocycles. The van der Waals surface area contributed by atoms with Gasteiger partial charge in [-0.25, -0.2) is 0 Å². The van der Waals surface area contributed by atoms with Crippen LogP contribution in [0.15, 0.2) is 12.2 Å². The summed E-state index contributed by atoms with van der Waals surface area (Å²) in [5.41, 5.74) is 0. The molecule has 0 aromatic carbocycles. The number of rotatable bonds is 48. The zero-order chi connectivity index (χ0) is 42.3. The number of ether oxygens (including phenoxy) is 1. The van der Waals surface area contributed by atoms with E-state index in [-0.39, 0.29) is 18.5 Å². The van der Waals surface area contributed by atoms with Crippen molar-refractivity contribution < 1.29 is 24.5 Å². The minimum absolute atomic E-state index is 0.00585. The van der Waals surface area contributed by atoms with Crippen LogP contribution in [0.25, 0.3) is 0 Å². The topological polar surface area (TPSA) is 95.9 Å². The minimum Gasteiger partial charge on any atom is -0.466 e. The third-order valence-electron chi connectivity index (χ3n) is 12.1. The van der Waals surface area contributed by atoms with Gasteiger partial charge in [0.2, 0.25) is 5.91 Å². The second-order valence-corrected chi connectivity index (χ2v) is 17.9. The second kappa shape index (κ2) is 48.3. The highest BCUT2D eigenvalue weighted by molar-refractivity contribution is 5.76. The average molecular weight is 820 g/mol. The van der Waals surface area contributed by atoms with Gasteiger partial charge in [-0.2, -0.15) is 0 Å². The summed E-state index contributed by atoms with van der Waals surface area (Å²) in [6, 6.07) is -0.629. The van der Waals surface area contributed by atoms with Gasteiger partial charge in [-0.1, -0.05) is 251 Å². The van der Waals surface area contributed by atoms with Crippen molar-refractivity contribution in [2.24, 2.45) is 0 Å². The van der Waals surface area contributed by atoms with E-state index in [1.165, 1.54) is 218 Å². The smallest absolute Gasteiger partial charge is 0.305 e. The van der Waals surface area contributed by atoms with Crippen molar-refractivity contribution in [1.82, 2.24) is 5.32 Å². The number of allylic oxidation sites excluding steroid dienone is 1. The molecule has 0 aromatic rings. The lowest BCUT2D eigenvalue weighted by molar-refractivity contribution is -0.143. The molecule has 2 atom stereocenters. The van der Waals surface area contributed by atoms with E-state index in [2.05, 4.69) is 19.2 Å². The van der Waals surface area contributed by atoms with Crippen LogP contribution >= 0.6 is 0 Å². The predicted octanol–water partition coefficient (Wildman–Crippen LogP) is 15.3. The van der Waals surface area contributed by atoms with Gasteiger partial charge >= 0.3 is 5.97 Å². The van der Waals surface area contributed by atoms with Crippen LogP contribution in [-0.2, 0) is 14.3 Å². The summed E-state index contributed by atoms with van der Waals surface area (Å²) < 4.78 is 5.46. The van der Waals surface area contributed by atoms with Crippen LogP contribution in [0.2, 0.25) is 0 Å². The Morgan fingerprint density at radius 2 is 0.793 bits per heavy atom. The van der Waals surface area contributed by atoms with Crippen LogP contribution in [0.1, 0.15) is 284 Å². The van der Waals surface area contributed by atoms with E-state index in [0.717, 1.165) is 38.5 Å². The fourth-order valence-electron chi connectivity index (χ4n) is 8.05. The molecular weight excluding hydrogens is 719 g/mol. The third-order valence-corrected chi connectivity index (χ3v) is 12.1. The van der Waals surface area contributed by atoms with Crippen molar-refractivity contribution in [2.75, 3.05) is 13.2 Å². The van der Waals surface area contributed by atoms with E-state index in [0.29, 0.717) is 19.4 Å². The number of aliphatic hydroxyl groups excluding tert-OH is 2. The molecule has 0 fully saturated rings. The number of aliphatic hydroxyl groups is 2. The normalized spacial score (nSPS) is 12.7. The highest BCUT2D eigenvalue weighted by Crippen LogP contribution is 2.16. The highest BCUT2D eigenvalue weighted by atomic mass is 16.5. The summed E-state index contributed by atoms with van der Waals surface area (Å²) in [5, 5.41) is 23.0. The molecule has 0 bridgehead atoms. The van der Waals surface area contributed by atoms with Gasteiger partial charge in [-0.3, -0.25) is 9.59 Å². The first kappa shape index (κ1) is 56.6. The van der Waals surface area contributed by atoms with Crippen molar-refractivity contribution in [3.05, 3.63) is 12.2 Å². The molecular formula is C52H101NO5. The molecule has 2 unspecified atom stereocenters. The molecule has 0 aliphatic carbocycles. The van der Waals surface area contributed by atoms with Crippen molar-refractivity contribution in [2.45, 2.75) is 296 Å². The van der Waals surface area contributed by atoms with Crippen LogP contribution in [0, 0.1) is 0 Å². The largest absolute Gasteiger partial charge is 0.466 e. The van der Waals surface area contributed by atoms with Crippen LogP contribution < -0.4 is 5.32 Å².